The first-order chi connectivity index (χ1) is 26.3. The van der Waals surface area contributed by atoms with Crippen molar-refractivity contribution in [3.63, 3.8) is 0 Å². The van der Waals surface area contributed by atoms with Crippen molar-refractivity contribution in [1.82, 2.24) is 14.5 Å². The van der Waals surface area contributed by atoms with Crippen molar-refractivity contribution in [3.05, 3.63) is 164 Å². The fourth-order valence-electron chi connectivity index (χ4n) is 8.47. The van der Waals surface area contributed by atoms with Crippen LogP contribution in [0.15, 0.2) is 173 Å². The fourth-order valence-corrected chi connectivity index (χ4v) is 8.47. The summed E-state index contributed by atoms with van der Waals surface area (Å²) < 4.78 is 15.5. The lowest BCUT2D eigenvalue weighted by Crippen LogP contribution is -2.03. The molecule has 0 aliphatic rings. The van der Waals surface area contributed by atoms with Crippen molar-refractivity contribution in [2.45, 2.75) is 0 Å². The van der Waals surface area contributed by atoms with Crippen LogP contribution in [0.2, 0.25) is 0 Å². The van der Waals surface area contributed by atoms with E-state index in [2.05, 4.69) is 150 Å². The van der Waals surface area contributed by atoms with Crippen molar-refractivity contribution in [1.29, 1.82) is 0 Å². The van der Waals surface area contributed by atoms with E-state index in [0.717, 1.165) is 98.8 Å². The van der Waals surface area contributed by atoms with E-state index in [1.165, 1.54) is 5.39 Å². The highest BCUT2D eigenvalue weighted by molar-refractivity contribution is 6.27. The molecule has 12 aromatic rings. The average molecular weight is 678 g/mol. The Morgan fingerprint density at radius 3 is 2.04 bits per heavy atom. The molecule has 246 valence electrons. The van der Waals surface area contributed by atoms with E-state index in [1.807, 2.05) is 18.2 Å². The Balaban J connectivity index is 1.24. The van der Waals surface area contributed by atoms with Crippen molar-refractivity contribution in [2.75, 3.05) is 0 Å². The van der Waals surface area contributed by atoms with Gasteiger partial charge in [-0.15, -0.1) is 0 Å². The van der Waals surface area contributed by atoms with Crippen LogP contribution in [0.5, 0.6) is 0 Å². The maximum absolute atomic E-state index is 6.92. The standard InChI is InChI=1S/C48H27N3O2/c1-2-13-29(14-3-1)36-27-41-44(33-17-7-6-16-32(33)36)46-47(53-41)45(31-23-22-28-12-4-5-15-30(28)26-31)49-48(50-46)51-37-20-10-8-18-34(37)42-38(51)24-25-40-43(42)35-19-9-11-21-39(35)52-40/h1-27H. The highest BCUT2D eigenvalue weighted by Gasteiger charge is 2.25. The summed E-state index contributed by atoms with van der Waals surface area (Å²) in [5.41, 5.74) is 9.95. The average Bonchev–Trinajstić information content (AvgIpc) is 3.90. The quantitative estimate of drug-likeness (QED) is 0.187. The molecule has 0 spiro atoms. The monoisotopic (exact) mass is 677 g/mol. The molecule has 0 saturated heterocycles. The molecule has 0 amide bonds. The Morgan fingerprint density at radius 2 is 1.15 bits per heavy atom. The van der Waals surface area contributed by atoms with Crippen LogP contribution in [0.25, 0.3) is 116 Å². The lowest BCUT2D eigenvalue weighted by Gasteiger charge is -2.10. The van der Waals surface area contributed by atoms with Gasteiger partial charge in [-0.05, 0) is 69.1 Å². The van der Waals surface area contributed by atoms with Gasteiger partial charge in [0.1, 0.15) is 28.0 Å². The van der Waals surface area contributed by atoms with Gasteiger partial charge in [0.05, 0.1) is 16.4 Å². The second-order valence-corrected chi connectivity index (χ2v) is 13.7. The minimum absolute atomic E-state index is 0.581. The second kappa shape index (κ2) is 10.6. The third-order valence-corrected chi connectivity index (χ3v) is 10.8. The Hall–Kier alpha value is -7.24. The van der Waals surface area contributed by atoms with E-state index >= 15 is 0 Å². The van der Waals surface area contributed by atoms with Gasteiger partial charge in [0.15, 0.2) is 5.58 Å². The van der Waals surface area contributed by atoms with Gasteiger partial charge < -0.3 is 8.83 Å². The van der Waals surface area contributed by atoms with Gasteiger partial charge in [-0.2, -0.15) is 0 Å². The minimum Gasteiger partial charge on any atom is -0.456 e. The molecule has 53 heavy (non-hydrogen) atoms. The van der Waals surface area contributed by atoms with Crippen molar-refractivity contribution < 1.29 is 8.83 Å². The Kier molecular flexibility index (Phi) is 5.71. The second-order valence-electron chi connectivity index (χ2n) is 13.7. The number of para-hydroxylation sites is 2. The molecule has 5 nitrogen and oxygen atoms in total. The van der Waals surface area contributed by atoms with Crippen LogP contribution in [-0.2, 0) is 0 Å². The van der Waals surface area contributed by atoms with Gasteiger partial charge in [0, 0.05) is 27.1 Å². The lowest BCUT2D eigenvalue weighted by atomic mass is 9.95. The summed E-state index contributed by atoms with van der Waals surface area (Å²) in [6.45, 7) is 0. The lowest BCUT2D eigenvalue weighted by molar-refractivity contribution is 0.667. The smallest absolute Gasteiger partial charge is 0.236 e. The van der Waals surface area contributed by atoms with Gasteiger partial charge in [0.2, 0.25) is 5.95 Å². The van der Waals surface area contributed by atoms with E-state index in [0.29, 0.717) is 11.5 Å². The van der Waals surface area contributed by atoms with Crippen molar-refractivity contribution in [3.8, 4) is 28.3 Å². The first kappa shape index (κ1) is 28.5. The number of hydrogen-bond donors (Lipinski definition) is 0. The SMILES string of the molecule is c1ccc(-c2cc3oc4c(-c5ccc6ccccc6c5)nc(-n5c6ccccc6c6c7c(ccc65)oc5ccccc57)nc4c3c3ccccc23)cc1. The molecule has 0 radical (unpaired) electrons. The highest BCUT2D eigenvalue weighted by Crippen LogP contribution is 2.44. The van der Waals surface area contributed by atoms with E-state index in [4.69, 9.17) is 18.8 Å². The predicted octanol–water partition coefficient (Wildman–Crippen LogP) is 13.0. The topological polar surface area (TPSA) is 57.0 Å². The van der Waals surface area contributed by atoms with Gasteiger partial charge in [-0.1, -0.05) is 127 Å². The normalized spacial score (nSPS) is 12.2. The van der Waals surface area contributed by atoms with Crippen LogP contribution in [0.3, 0.4) is 0 Å². The molecule has 0 saturated carbocycles. The van der Waals surface area contributed by atoms with Gasteiger partial charge >= 0.3 is 0 Å². The zero-order chi connectivity index (χ0) is 34.6. The number of aromatic nitrogens is 3. The highest BCUT2D eigenvalue weighted by atomic mass is 16.3. The van der Waals surface area contributed by atoms with E-state index in [-0.39, 0.29) is 0 Å². The van der Waals surface area contributed by atoms with Gasteiger partial charge in [-0.25, -0.2) is 9.97 Å². The summed E-state index contributed by atoms with van der Waals surface area (Å²) in [5.74, 6) is 0.581. The molecule has 4 heterocycles. The largest absolute Gasteiger partial charge is 0.456 e. The molecule has 12 rings (SSSR count). The molecular formula is C48H27N3O2. The number of benzene rings is 8. The maximum Gasteiger partial charge on any atom is 0.236 e. The van der Waals surface area contributed by atoms with E-state index < -0.39 is 0 Å². The van der Waals surface area contributed by atoms with Crippen LogP contribution >= 0.6 is 0 Å². The first-order valence-electron chi connectivity index (χ1n) is 17.8. The van der Waals surface area contributed by atoms with Crippen LogP contribution < -0.4 is 0 Å². The Bertz CT molecular complexity index is 3460. The van der Waals surface area contributed by atoms with Crippen LogP contribution in [-0.4, -0.2) is 14.5 Å². The summed E-state index contributed by atoms with van der Waals surface area (Å²) in [6.07, 6.45) is 0. The third kappa shape index (κ3) is 4.02. The third-order valence-electron chi connectivity index (χ3n) is 10.8. The number of hydrogen-bond acceptors (Lipinski definition) is 4. The Morgan fingerprint density at radius 1 is 0.415 bits per heavy atom. The number of nitrogens with zero attached hydrogens (tertiary/aromatic N) is 3. The maximum atomic E-state index is 6.92. The summed E-state index contributed by atoms with van der Waals surface area (Å²) in [4.78, 5) is 10.9. The molecular weight excluding hydrogens is 651 g/mol. The molecule has 0 unspecified atom stereocenters. The fraction of sp³-hybridized carbons (Fsp3) is 0. The van der Waals surface area contributed by atoms with Crippen molar-refractivity contribution >= 4 is 87.4 Å². The molecule has 5 heteroatoms. The van der Waals surface area contributed by atoms with Crippen LogP contribution in [0, 0.1) is 0 Å². The van der Waals surface area contributed by atoms with Gasteiger partial charge in [0.25, 0.3) is 0 Å². The van der Waals surface area contributed by atoms with E-state index in [9.17, 15) is 0 Å². The molecule has 0 fully saturated rings. The predicted molar refractivity (Wildman–Crippen MR) is 217 cm³/mol. The van der Waals surface area contributed by atoms with Crippen LogP contribution in [0.1, 0.15) is 0 Å². The summed E-state index contributed by atoms with van der Waals surface area (Å²) >= 11 is 0. The molecule has 0 aliphatic heterocycles. The molecule has 0 aliphatic carbocycles. The van der Waals surface area contributed by atoms with Crippen molar-refractivity contribution in [2.24, 2.45) is 0 Å². The Labute approximate surface area is 302 Å². The minimum atomic E-state index is 0.581. The van der Waals surface area contributed by atoms with Gasteiger partial charge in [-0.3, -0.25) is 4.57 Å². The molecule has 0 N–H and O–H groups in total. The zero-order valence-corrected chi connectivity index (χ0v) is 28.2. The van der Waals surface area contributed by atoms with E-state index in [1.54, 1.807) is 0 Å². The summed E-state index contributed by atoms with van der Waals surface area (Å²) in [5, 5.41) is 9.94. The first-order valence-corrected chi connectivity index (χ1v) is 17.8. The summed E-state index contributed by atoms with van der Waals surface area (Å²) in [7, 11) is 0. The van der Waals surface area contributed by atoms with Crippen LogP contribution in [0.4, 0.5) is 0 Å². The molecule has 4 aromatic heterocycles. The molecule has 0 bridgehead atoms. The zero-order valence-electron chi connectivity index (χ0n) is 28.2. The molecule has 0 atom stereocenters. The summed E-state index contributed by atoms with van der Waals surface area (Å²) in [6, 6.07) is 57.1. The number of furan rings is 2. The molecule has 8 aromatic carbocycles. The number of rotatable bonds is 3. The number of fused-ring (bicyclic) bond motifs is 13.